The van der Waals surface area contributed by atoms with Crippen LogP contribution >= 0.6 is 0 Å². The topological polar surface area (TPSA) is 72.9 Å². The normalized spacial score (nSPS) is 29.5. The molecule has 2 bridgehead atoms. The zero-order valence-electron chi connectivity index (χ0n) is 13.2. The molecule has 0 aromatic carbocycles. The van der Waals surface area contributed by atoms with Crippen molar-refractivity contribution >= 4 is 16.2 Å². The molecule has 122 valence electrons. The molecule has 0 N–H and O–H groups in total. The molecule has 0 aromatic heterocycles. The SMILES string of the molecule is CC(C)(C)OC(=O)N1[C@@H]2CC[C@H]1C[C@H](COS(C)(=O)=O)C2. The molecule has 21 heavy (non-hydrogen) atoms. The van der Waals surface area contributed by atoms with Crippen LogP contribution in [-0.2, 0) is 19.0 Å². The van der Waals surface area contributed by atoms with Gasteiger partial charge in [0.1, 0.15) is 5.60 Å². The number of piperidine rings is 1. The second-order valence-corrected chi connectivity index (χ2v) is 8.74. The van der Waals surface area contributed by atoms with E-state index in [1.807, 2.05) is 25.7 Å². The Morgan fingerprint density at radius 2 is 1.71 bits per heavy atom. The molecule has 7 heteroatoms. The average Bonchev–Trinajstić information content (AvgIpc) is 2.55. The lowest BCUT2D eigenvalue weighted by Crippen LogP contribution is -2.49. The Hall–Kier alpha value is -0.820. The number of nitrogens with zero attached hydrogens (tertiary/aromatic N) is 1. The average molecular weight is 319 g/mol. The summed E-state index contributed by atoms with van der Waals surface area (Å²) < 4.78 is 32.5. The van der Waals surface area contributed by atoms with Crippen LogP contribution in [0.5, 0.6) is 0 Å². The molecule has 2 fully saturated rings. The van der Waals surface area contributed by atoms with E-state index in [1.54, 1.807) is 0 Å². The van der Waals surface area contributed by atoms with Crippen molar-refractivity contribution in [2.45, 2.75) is 64.1 Å². The van der Waals surface area contributed by atoms with Gasteiger partial charge in [-0.05, 0) is 52.4 Å². The van der Waals surface area contributed by atoms with Gasteiger partial charge < -0.3 is 9.64 Å². The highest BCUT2D eigenvalue weighted by Gasteiger charge is 2.44. The van der Waals surface area contributed by atoms with Gasteiger partial charge in [0.05, 0.1) is 12.9 Å². The Balaban J connectivity index is 1.94. The van der Waals surface area contributed by atoms with Gasteiger partial charge in [-0.15, -0.1) is 0 Å². The molecule has 2 aliphatic heterocycles. The summed E-state index contributed by atoms with van der Waals surface area (Å²) >= 11 is 0. The van der Waals surface area contributed by atoms with Gasteiger partial charge in [0.15, 0.2) is 0 Å². The molecule has 0 aliphatic carbocycles. The van der Waals surface area contributed by atoms with Gasteiger partial charge in [0.2, 0.25) is 0 Å². The fourth-order valence-electron chi connectivity index (χ4n) is 3.26. The van der Waals surface area contributed by atoms with Crippen molar-refractivity contribution in [1.82, 2.24) is 4.90 Å². The minimum atomic E-state index is -3.40. The molecule has 0 radical (unpaired) electrons. The van der Waals surface area contributed by atoms with Crippen molar-refractivity contribution in [2.24, 2.45) is 5.92 Å². The van der Waals surface area contributed by atoms with Crippen LogP contribution < -0.4 is 0 Å². The van der Waals surface area contributed by atoms with E-state index in [4.69, 9.17) is 8.92 Å². The number of ether oxygens (including phenoxy) is 1. The van der Waals surface area contributed by atoms with Gasteiger partial charge in [-0.25, -0.2) is 4.79 Å². The zero-order valence-corrected chi connectivity index (χ0v) is 14.0. The number of rotatable bonds is 3. The summed E-state index contributed by atoms with van der Waals surface area (Å²) in [7, 11) is -3.40. The third-order valence-electron chi connectivity index (χ3n) is 3.95. The molecule has 2 rings (SSSR count). The first kappa shape index (κ1) is 16.5. The van der Waals surface area contributed by atoms with Crippen molar-refractivity contribution in [1.29, 1.82) is 0 Å². The van der Waals surface area contributed by atoms with Crippen LogP contribution in [-0.4, -0.2) is 50.0 Å². The maximum absolute atomic E-state index is 12.3. The van der Waals surface area contributed by atoms with Gasteiger partial charge in [-0.1, -0.05) is 0 Å². The van der Waals surface area contributed by atoms with Crippen LogP contribution in [0.15, 0.2) is 0 Å². The van der Waals surface area contributed by atoms with E-state index in [0.717, 1.165) is 31.9 Å². The van der Waals surface area contributed by atoms with Crippen LogP contribution in [0.1, 0.15) is 46.5 Å². The molecule has 0 unspecified atom stereocenters. The summed E-state index contributed by atoms with van der Waals surface area (Å²) in [6.45, 7) is 5.80. The second kappa shape index (κ2) is 5.76. The number of carbonyl (C=O) groups excluding carboxylic acids is 1. The minimum Gasteiger partial charge on any atom is -0.444 e. The fraction of sp³-hybridized carbons (Fsp3) is 0.929. The van der Waals surface area contributed by atoms with Crippen LogP contribution in [0, 0.1) is 5.92 Å². The molecular formula is C14H25NO5S. The molecule has 0 spiro atoms. The maximum Gasteiger partial charge on any atom is 0.410 e. The van der Waals surface area contributed by atoms with Gasteiger partial charge in [-0.3, -0.25) is 4.18 Å². The highest BCUT2D eigenvalue weighted by atomic mass is 32.2. The number of hydrogen-bond donors (Lipinski definition) is 0. The van der Waals surface area contributed by atoms with E-state index in [2.05, 4.69) is 0 Å². The third-order valence-corrected chi connectivity index (χ3v) is 4.52. The Bertz CT molecular complexity index is 482. The summed E-state index contributed by atoms with van der Waals surface area (Å²) in [4.78, 5) is 14.1. The molecule has 6 nitrogen and oxygen atoms in total. The predicted molar refractivity (Wildman–Crippen MR) is 78.4 cm³/mol. The van der Waals surface area contributed by atoms with E-state index in [9.17, 15) is 13.2 Å². The number of hydrogen-bond acceptors (Lipinski definition) is 5. The molecule has 2 aliphatic rings. The first-order chi connectivity index (χ1) is 9.55. The summed E-state index contributed by atoms with van der Waals surface area (Å²) in [6.07, 6.45) is 4.30. The van der Waals surface area contributed by atoms with Crippen molar-refractivity contribution in [3.63, 3.8) is 0 Å². The summed E-state index contributed by atoms with van der Waals surface area (Å²) in [5, 5.41) is 0. The van der Waals surface area contributed by atoms with Crippen molar-refractivity contribution < 1.29 is 22.1 Å². The van der Waals surface area contributed by atoms with Crippen molar-refractivity contribution in [2.75, 3.05) is 12.9 Å². The lowest BCUT2D eigenvalue weighted by molar-refractivity contribution is -0.000825. The Morgan fingerprint density at radius 3 is 2.14 bits per heavy atom. The summed E-state index contributed by atoms with van der Waals surface area (Å²) in [5.41, 5.74) is -0.493. The predicted octanol–water partition coefficient (Wildman–Crippen LogP) is 2.14. The van der Waals surface area contributed by atoms with Crippen LogP contribution in [0.3, 0.4) is 0 Å². The molecule has 0 saturated carbocycles. The van der Waals surface area contributed by atoms with Crippen LogP contribution in [0.25, 0.3) is 0 Å². The summed E-state index contributed by atoms with van der Waals surface area (Å²) in [5.74, 6) is 0.191. The van der Waals surface area contributed by atoms with Crippen molar-refractivity contribution in [3.05, 3.63) is 0 Å². The molecular weight excluding hydrogens is 294 g/mol. The van der Waals surface area contributed by atoms with Gasteiger partial charge >= 0.3 is 6.09 Å². The lowest BCUT2D eigenvalue weighted by atomic mass is 9.92. The van der Waals surface area contributed by atoms with E-state index < -0.39 is 15.7 Å². The van der Waals surface area contributed by atoms with E-state index >= 15 is 0 Å². The Labute approximate surface area is 126 Å². The minimum absolute atomic E-state index is 0.145. The summed E-state index contributed by atoms with van der Waals surface area (Å²) in [6, 6.07) is 0.290. The third kappa shape index (κ3) is 4.57. The van der Waals surface area contributed by atoms with E-state index in [-0.39, 0.29) is 30.7 Å². The molecule has 1 amide bonds. The monoisotopic (exact) mass is 319 g/mol. The number of fused-ring (bicyclic) bond motifs is 2. The van der Waals surface area contributed by atoms with Gasteiger partial charge in [-0.2, -0.15) is 8.42 Å². The van der Waals surface area contributed by atoms with Gasteiger partial charge in [0, 0.05) is 12.1 Å². The zero-order chi connectivity index (χ0) is 15.8. The maximum atomic E-state index is 12.3. The Kier molecular flexibility index (Phi) is 4.54. The van der Waals surface area contributed by atoms with Gasteiger partial charge in [0.25, 0.3) is 10.1 Å². The standard InChI is InChI=1S/C14H25NO5S/c1-14(2,3)20-13(16)15-11-5-6-12(15)8-10(7-11)9-19-21(4,17)18/h10-12H,5-9H2,1-4H3/t10-,11-,12+. The van der Waals surface area contributed by atoms with E-state index in [0.29, 0.717) is 0 Å². The molecule has 2 heterocycles. The Morgan fingerprint density at radius 1 is 1.19 bits per heavy atom. The highest BCUT2D eigenvalue weighted by Crippen LogP contribution is 2.39. The largest absolute Gasteiger partial charge is 0.444 e. The number of carbonyl (C=O) groups is 1. The second-order valence-electron chi connectivity index (χ2n) is 7.10. The highest BCUT2D eigenvalue weighted by molar-refractivity contribution is 7.85. The van der Waals surface area contributed by atoms with Crippen molar-refractivity contribution in [3.8, 4) is 0 Å². The van der Waals surface area contributed by atoms with E-state index in [1.165, 1.54) is 0 Å². The smallest absolute Gasteiger partial charge is 0.410 e. The molecule has 0 aromatic rings. The fourth-order valence-corrected chi connectivity index (χ4v) is 3.70. The van der Waals surface area contributed by atoms with Crippen LogP contribution in [0.2, 0.25) is 0 Å². The first-order valence-electron chi connectivity index (χ1n) is 7.41. The molecule has 3 atom stereocenters. The van der Waals surface area contributed by atoms with Crippen LogP contribution in [0.4, 0.5) is 4.79 Å². The first-order valence-corrected chi connectivity index (χ1v) is 9.22. The lowest BCUT2D eigenvalue weighted by Gasteiger charge is -2.39. The molecule has 2 saturated heterocycles. The quantitative estimate of drug-likeness (QED) is 0.745. The number of amides is 1.